The molecule has 8 heteroatoms. The number of piperidine rings is 1. The number of aromatic nitrogens is 1. The summed E-state index contributed by atoms with van der Waals surface area (Å²) in [6.07, 6.45) is 4.21. The molecule has 2 aliphatic rings. The van der Waals surface area contributed by atoms with Crippen LogP contribution in [-0.2, 0) is 17.9 Å². The van der Waals surface area contributed by atoms with Crippen molar-refractivity contribution in [3.05, 3.63) is 59.8 Å². The van der Waals surface area contributed by atoms with Gasteiger partial charge in [0, 0.05) is 42.3 Å². The fourth-order valence-corrected chi connectivity index (χ4v) is 4.83. The molecule has 0 aliphatic carbocycles. The first-order chi connectivity index (χ1) is 16.1. The minimum absolute atomic E-state index is 0.0973. The number of amides is 2. The molecule has 1 saturated heterocycles. The van der Waals surface area contributed by atoms with E-state index in [9.17, 15) is 9.59 Å². The summed E-state index contributed by atoms with van der Waals surface area (Å²) in [6, 6.07) is 13.4. The van der Waals surface area contributed by atoms with Gasteiger partial charge < -0.3 is 25.1 Å². The van der Waals surface area contributed by atoms with Crippen LogP contribution in [0.15, 0.2) is 48.7 Å². The normalized spacial score (nSPS) is 17.9. The molecule has 172 valence electrons. The van der Waals surface area contributed by atoms with Crippen molar-refractivity contribution < 1.29 is 19.1 Å². The van der Waals surface area contributed by atoms with Gasteiger partial charge in [0.2, 0.25) is 12.7 Å². The lowest BCUT2D eigenvalue weighted by molar-refractivity contribution is -0.118. The van der Waals surface area contributed by atoms with E-state index < -0.39 is 0 Å². The summed E-state index contributed by atoms with van der Waals surface area (Å²) in [4.78, 5) is 26.5. The SMILES string of the molecule is NC(=O)Cn1cc(CN2CCCC(CNC(=O)c3ccc4c(c3)OCO4)C2)c2ccccc21. The molecular formula is C25H28N4O4. The van der Waals surface area contributed by atoms with Crippen molar-refractivity contribution in [3.63, 3.8) is 0 Å². The predicted molar refractivity (Wildman–Crippen MR) is 124 cm³/mol. The van der Waals surface area contributed by atoms with Gasteiger partial charge in [0.1, 0.15) is 6.54 Å². The first kappa shape index (κ1) is 21.3. The highest BCUT2D eigenvalue weighted by molar-refractivity contribution is 5.95. The molecule has 0 saturated carbocycles. The minimum Gasteiger partial charge on any atom is -0.454 e. The van der Waals surface area contributed by atoms with Crippen molar-refractivity contribution in [1.82, 2.24) is 14.8 Å². The lowest BCUT2D eigenvalue weighted by Crippen LogP contribution is -2.40. The molecule has 5 rings (SSSR count). The van der Waals surface area contributed by atoms with Crippen molar-refractivity contribution in [2.75, 3.05) is 26.4 Å². The fourth-order valence-electron chi connectivity index (χ4n) is 4.83. The number of likely N-dealkylation sites (tertiary alicyclic amines) is 1. The van der Waals surface area contributed by atoms with Gasteiger partial charge in [0.15, 0.2) is 11.5 Å². The summed E-state index contributed by atoms with van der Waals surface area (Å²) in [5.41, 5.74) is 8.23. The van der Waals surface area contributed by atoms with Gasteiger partial charge in [-0.3, -0.25) is 14.5 Å². The van der Waals surface area contributed by atoms with E-state index in [0.717, 1.165) is 43.4 Å². The molecule has 33 heavy (non-hydrogen) atoms. The second-order valence-electron chi connectivity index (χ2n) is 8.79. The highest BCUT2D eigenvalue weighted by Gasteiger charge is 2.23. The number of fused-ring (bicyclic) bond motifs is 2. The van der Waals surface area contributed by atoms with E-state index in [1.807, 2.05) is 29.0 Å². The largest absolute Gasteiger partial charge is 0.454 e. The Morgan fingerprint density at radius 3 is 2.85 bits per heavy atom. The molecule has 3 heterocycles. The van der Waals surface area contributed by atoms with E-state index in [1.165, 1.54) is 5.56 Å². The van der Waals surface area contributed by atoms with Crippen LogP contribution in [0.4, 0.5) is 0 Å². The van der Waals surface area contributed by atoms with Crippen LogP contribution in [0.25, 0.3) is 10.9 Å². The first-order valence-electron chi connectivity index (χ1n) is 11.3. The van der Waals surface area contributed by atoms with Crippen LogP contribution in [0.3, 0.4) is 0 Å². The number of nitrogens with two attached hydrogens (primary N) is 1. The second-order valence-corrected chi connectivity index (χ2v) is 8.79. The third kappa shape index (κ3) is 4.66. The third-order valence-electron chi connectivity index (χ3n) is 6.38. The van der Waals surface area contributed by atoms with Crippen LogP contribution in [0.5, 0.6) is 11.5 Å². The quantitative estimate of drug-likeness (QED) is 0.579. The molecular weight excluding hydrogens is 420 g/mol. The van der Waals surface area contributed by atoms with E-state index in [4.69, 9.17) is 15.2 Å². The minimum atomic E-state index is -0.349. The number of primary amides is 1. The summed E-state index contributed by atoms with van der Waals surface area (Å²) < 4.78 is 12.6. The van der Waals surface area contributed by atoms with Gasteiger partial charge in [-0.25, -0.2) is 0 Å². The van der Waals surface area contributed by atoms with Gasteiger partial charge in [-0.1, -0.05) is 18.2 Å². The number of hydrogen-bond donors (Lipinski definition) is 2. The maximum absolute atomic E-state index is 12.6. The van der Waals surface area contributed by atoms with Gasteiger partial charge in [0.05, 0.1) is 0 Å². The van der Waals surface area contributed by atoms with E-state index in [0.29, 0.717) is 29.5 Å². The number of rotatable bonds is 7. The zero-order chi connectivity index (χ0) is 22.8. The second kappa shape index (κ2) is 9.15. The molecule has 3 N–H and O–H groups in total. The highest BCUT2D eigenvalue weighted by atomic mass is 16.7. The van der Waals surface area contributed by atoms with E-state index in [2.05, 4.69) is 16.3 Å². The Morgan fingerprint density at radius 1 is 1.12 bits per heavy atom. The molecule has 0 spiro atoms. The lowest BCUT2D eigenvalue weighted by Gasteiger charge is -2.32. The summed E-state index contributed by atoms with van der Waals surface area (Å²) in [7, 11) is 0. The number of carbonyl (C=O) groups excluding carboxylic acids is 2. The van der Waals surface area contributed by atoms with Crippen LogP contribution in [0.1, 0.15) is 28.8 Å². The Labute approximate surface area is 192 Å². The van der Waals surface area contributed by atoms with E-state index in [-0.39, 0.29) is 25.2 Å². The Morgan fingerprint density at radius 2 is 1.97 bits per heavy atom. The molecule has 1 atom stereocenters. The van der Waals surface area contributed by atoms with Crippen molar-refractivity contribution in [2.45, 2.75) is 25.9 Å². The molecule has 3 aromatic rings. The molecule has 0 radical (unpaired) electrons. The predicted octanol–water partition coefficient (Wildman–Crippen LogP) is 2.50. The number of nitrogens with one attached hydrogen (secondary N) is 1. The number of hydrogen-bond acceptors (Lipinski definition) is 5. The lowest BCUT2D eigenvalue weighted by atomic mass is 9.97. The molecule has 2 aliphatic heterocycles. The van der Waals surface area contributed by atoms with E-state index in [1.54, 1.807) is 18.2 Å². The van der Waals surface area contributed by atoms with Gasteiger partial charge in [-0.2, -0.15) is 0 Å². The Hall–Kier alpha value is -3.52. The zero-order valence-electron chi connectivity index (χ0n) is 18.5. The summed E-state index contributed by atoms with van der Waals surface area (Å²) in [5, 5.41) is 4.23. The van der Waals surface area contributed by atoms with Crippen molar-refractivity contribution in [1.29, 1.82) is 0 Å². The summed E-state index contributed by atoms with van der Waals surface area (Å²) in [6.45, 7) is 3.74. The molecule has 1 aromatic heterocycles. The van der Waals surface area contributed by atoms with Gasteiger partial charge >= 0.3 is 0 Å². The maximum Gasteiger partial charge on any atom is 0.251 e. The highest BCUT2D eigenvalue weighted by Crippen LogP contribution is 2.32. The Bertz CT molecular complexity index is 1190. The fraction of sp³-hybridized carbons (Fsp3) is 0.360. The first-order valence-corrected chi connectivity index (χ1v) is 11.3. The monoisotopic (exact) mass is 448 g/mol. The summed E-state index contributed by atoms with van der Waals surface area (Å²) in [5.74, 6) is 1.22. The summed E-state index contributed by atoms with van der Waals surface area (Å²) >= 11 is 0. The average molecular weight is 449 g/mol. The van der Waals surface area contributed by atoms with E-state index >= 15 is 0 Å². The number of benzene rings is 2. The number of para-hydroxylation sites is 1. The van der Waals surface area contributed by atoms with Gasteiger partial charge in [-0.15, -0.1) is 0 Å². The van der Waals surface area contributed by atoms with Gasteiger partial charge in [-0.05, 0) is 55.1 Å². The standard InChI is InChI=1S/C25H28N4O4/c26-24(30)15-29-14-19(20-5-1-2-6-21(20)29)13-28-9-3-4-17(12-28)11-27-25(31)18-7-8-22-23(10-18)33-16-32-22/h1-2,5-8,10,14,17H,3-4,9,11-13,15-16H2,(H2,26,30)(H,27,31). The average Bonchev–Trinajstić information content (AvgIpc) is 3.42. The van der Waals surface area contributed by atoms with Crippen molar-refractivity contribution >= 4 is 22.7 Å². The number of ether oxygens (including phenoxy) is 2. The smallest absolute Gasteiger partial charge is 0.251 e. The number of nitrogens with zero attached hydrogens (tertiary/aromatic N) is 2. The van der Waals surface area contributed by atoms with Crippen LogP contribution < -0.4 is 20.5 Å². The molecule has 2 aromatic carbocycles. The number of carbonyl (C=O) groups is 2. The van der Waals surface area contributed by atoms with Crippen LogP contribution in [-0.4, -0.2) is 47.7 Å². The molecule has 2 amide bonds. The molecule has 1 fully saturated rings. The van der Waals surface area contributed by atoms with Crippen LogP contribution in [0.2, 0.25) is 0 Å². The van der Waals surface area contributed by atoms with Crippen molar-refractivity contribution in [2.24, 2.45) is 11.7 Å². The van der Waals surface area contributed by atoms with Crippen LogP contribution in [0, 0.1) is 5.92 Å². The topological polar surface area (TPSA) is 98.8 Å². The Kier molecular flexibility index (Phi) is 5.92. The van der Waals surface area contributed by atoms with Crippen molar-refractivity contribution in [3.8, 4) is 11.5 Å². The molecule has 1 unspecified atom stereocenters. The maximum atomic E-state index is 12.6. The Balaban J connectivity index is 1.21. The zero-order valence-corrected chi connectivity index (χ0v) is 18.5. The third-order valence-corrected chi connectivity index (χ3v) is 6.38. The van der Waals surface area contributed by atoms with Crippen LogP contribution >= 0.6 is 0 Å². The van der Waals surface area contributed by atoms with Gasteiger partial charge in [0.25, 0.3) is 5.91 Å². The molecule has 0 bridgehead atoms. The molecule has 8 nitrogen and oxygen atoms in total.